The minimum atomic E-state index is 0.495. The van der Waals surface area contributed by atoms with Crippen molar-refractivity contribution in [3.05, 3.63) is 24.3 Å². The molecule has 1 fully saturated rings. The Morgan fingerprint density at radius 1 is 1.18 bits per heavy atom. The van der Waals surface area contributed by atoms with Gasteiger partial charge in [0.15, 0.2) is 0 Å². The molecule has 1 aliphatic rings. The summed E-state index contributed by atoms with van der Waals surface area (Å²) in [5, 5.41) is 11.6. The van der Waals surface area contributed by atoms with Crippen molar-refractivity contribution < 1.29 is 0 Å². The zero-order chi connectivity index (χ0) is 11.7. The van der Waals surface area contributed by atoms with E-state index >= 15 is 0 Å². The van der Waals surface area contributed by atoms with E-state index in [2.05, 4.69) is 27.4 Å². The second-order valence-electron chi connectivity index (χ2n) is 4.83. The number of nitrogens with one attached hydrogen (secondary N) is 1. The van der Waals surface area contributed by atoms with E-state index in [1.54, 1.807) is 0 Å². The number of anilines is 1. The molecular formula is C13H16N4. The number of nitrogens with zero attached hydrogens (tertiary/aromatic N) is 3. The Morgan fingerprint density at radius 3 is 2.65 bits per heavy atom. The number of aromatic nitrogens is 3. The summed E-state index contributed by atoms with van der Waals surface area (Å²) in [5.74, 6) is 0.642. The number of fused-ring (bicyclic) bond motifs is 1. The summed E-state index contributed by atoms with van der Waals surface area (Å²) in [6.45, 7) is 3.21. The van der Waals surface area contributed by atoms with Gasteiger partial charge in [-0.1, -0.05) is 19.1 Å². The molecular weight excluding hydrogens is 212 g/mol. The Labute approximate surface area is 100 Å². The van der Waals surface area contributed by atoms with Crippen LogP contribution in [0, 0.1) is 5.41 Å². The number of hydrogen-bond donors (Lipinski definition) is 1. The zero-order valence-corrected chi connectivity index (χ0v) is 9.98. The molecule has 0 atom stereocenters. The fourth-order valence-electron chi connectivity index (χ4n) is 2.05. The van der Waals surface area contributed by atoms with Gasteiger partial charge in [-0.2, -0.15) is 0 Å². The monoisotopic (exact) mass is 228 g/mol. The summed E-state index contributed by atoms with van der Waals surface area (Å²) in [7, 11) is 0. The zero-order valence-electron chi connectivity index (χ0n) is 9.98. The molecule has 0 spiro atoms. The van der Waals surface area contributed by atoms with Gasteiger partial charge in [0.05, 0.1) is 5.52 Å². The predicted octanol–water partition coefficient (Wildman–Crippen LogP) is 2.63. The van der Waals surface area contributed by atoms with E-state index in [4.69, 9.17) is 0 Å². The molecule has 88 valence electrons. The van der Waals surface area contributed by atoms with Gasteiger partial charge in [0.25, 0.3) is 0 Å². The van der Waals surface area contributed by atoms with E-state index < -0.39 is 0 Å². The van der Waals surface area contributed by atoms with E-state index in [-0.39, 0.29) is 0 Å². The first-order chi connectivity index (χ1) is 8.31. The van der Waals surface area contributed by atoms with Crippen molar-refractivity contribution in [3.8, 4) is 0 Å². The third-order valence-electron chi connectivity index (χ3n) is 3.69. The second kappa shape index (κ2) is 3.95. The first-order valence-electron chi connectivity index (χ1n) is 6.15. The summed E-state index contributed by atoms with van der Waals surface area (Å²) in [4.78, 5) is 4.46. The second-order valence-corrected chi connectivity index (χ2v) is 4.83. The van der Waals surface area contributed by atoms with Crippen molar-refractivity contribution in [1.82, 2.24) is 15.2 Å². The average molecular weight is 228 g/mol. The summed E-state index contributed by atoms with van der Waals surface area (Å²) in [6, 6.07) is 7.80. The number of rotatable bonds is 4. The van der Waals surface area contributed by atoms with Crippen LogP contribution in [0.4, 0.5) is 5.95 Å². The van der Waals surface area contributed by atoms with E-state index in [0.29, 0.717) is 11.4 Å². The average Bonchev–Trinajstić information content (AvgIpc) is 3.17. The van der Waals surface area contributed by atoms with Gasteiger partial charge in [-0.25, -0.2) is 4.98 Å². The molecule has 1 saturated carbocycles. The lowest BCUT2D eigenvalue weighted by molar-refractivity contribution is 0.519. The molecule has 0 radical (unpaired) electrons. The van der Waals surface area contributed by atoms with Crippen LogP contribution in [-0.2, 0) is 0 Å². The molecule has 4 nitrogen and oxygen atoms in total. The van der Waals surface area contributed by atoms with E-state index in [0.717, 1.165) is 17.6 Å². The summed E-state index contributed by atoms with van der Waals surface area (Å²) >= 11 is 0. The lowest BCUT2D eigenvalue weighted by Gasteiger charge is -2.12. The highest BCUT2D eigenvalue weighted by molar-refractivity contribution is 5.73. The van der Waals surface area contributed by atoms with Gasteiger partial charge in [-0.3, -0.25) is 0 Å². The summed E-state index contributed by atoms with van der Waals surface area (Å²) in [6.07, 6.45) is 3.86. The van der Waals surface area contributed by atoms with Crippen molar-refractivity contribution in [1.29, 1.82) is 0 Å². The molecule has 1 aliphatic carbocycles. The fourth-order valence-corrected chi connectivity index (χ4v) is 2.05. The van der Waals surface area contributed by atoms with Crippen LogP contribution in [0.25, 0.3) is 11.0 Å². The van der Waals surface area contributed by atoms with Crippen LogP contribution in [0.5, 0.6) is 0 Å². The highest BCUT2D eigenvalue weighted by Gasteiger charge is 2.40. The molecule has 2 aromatic rings. The first kappa shape index (κ1) is 10.4. The predicted molar refractivity (Wildman–Crippen MR) is 67.8 cm³/mol. The fraction of sp³-hybridized carbons (Fsp3) is 0.462. The van der Waals surface area contributed by atoms with Gasteiger partial charge in [-0.05, 0) is 36.8 Å². The minimum absolute atomic E-state index is 0.495. The molecule has 0 unspecified atom stereocenters. The van der Waals surface area contributed by atoms with Crippen molar-refractivity contribution in [2.45, 2.75) is 26.2 Å². The maximum atomic E-state index is 4.46. The Hall–Kier alpha value is -1.71. The number of hydrogen-bond acceptors (Lipinski definition) is 4. The summed E-state index contributed by atoms with van der Waals surface area (Å²) in [5.41, 5.74) is 2.23. The molecule has 1 N–H and O–H groups in total. The van der Waals surface area contributed by atoms with Crippen molar-refractivity contribution in [2.24, 2.45) is 5.41 Å². The van der Waals surface area contributed by atoms with Crippen LogP contribution in [0.1, 0.15) is 26.2 Å². The smallest absolute Gasteiger partial charge is 0.243 e. The highest BCUT2D eigenvalue weighted by atomic mass is 15.2. The maximum Gasteiger partial charge on any atom is 0.243 e. The van der Waals surface area contributed by atoms with Gasteiger partial charge in [0.1, 0.15) is 5.52 Å². The minimum Gasteiger partial charge on any atom is -0.352 e. The van der Waals surface area contributed by atoms with Crippen molar-refractivity contribution >= 4 is 17.0 Å². The normalized spacial score (nSPS) is 17.0. The van der Waals surface area contributed by atoms with Gasteiger partial charge in [0, 0.05) is 6.54 Å². The van der Waals surface area contributed by atoms with Crippen LogP contribution < -0.4 is 5.32 Å². The SMILES string of the molecule is CCC1(CNc2nnc3ccccc3n2)CC1. The molecule has 1 aromatic carbocycles. The lowest BCUT2D eigenvalue weighted by atomic mass is 10.0. The Balaban J connectivity index is 1.77. The van der Waals surface area contributed by atoms with Gasteiger partial charge in [0.2, 0.25) is 5.95 Å². The lowest BCUT2D eigenvalue weighted by Crippen LogP contribution is -2.16. The Kier molecular flexibility index (Phi) is 2.42. The molecule has 17 heavy (non-hydrogen) atoms. The van der Waals surface area contributed by atoms with E-state index in [9.17, 15) is 0 Å². The Bertz CT molecular complexity index is 534. The van der Waals surface area contributed by atoms with Crippen LogP contribution in [0.2, 0.25) is 0 Å². The summed E-state index contributed by atoms with van der Waals surface area (Å²) < 4.78 is 0. The standard InChI is InChI=1S/C13H16N4/c1-2-13(7-8-13)9-14-12-15-10-5-3-4-6-11(10)16-17-12/h3-6H,2,7-9H2,1H3,(H,14,15,17). The van der Waals surface area contributed by atoms with E-state index in [1.165, 1.54) is 19.3 Å². The maximum absolute atomic E-state index is 4.46. The quantitative estimate of drug-likeness (QED) is 0.874. The molecule has 0 saturated heterocycles. The van der Waals surface area contributed by atoms with Gasteiger partial charge < -0.3 is 5.32 Å². The molecule has 4 heteroatoms. The van der Waals surface area contributed by atoms with Crippen LogP contribution in [0.3, 0.4) is 0 Å². The molecule has 0 bridgehead atoms. The molecule has 1 aromatic heterocycles. The topological polar surface area (TPSA) is 50.7 Å². The number of benzene rings is 1. The van der Waals surface area contributed by atoms with Gasteiger partial charge >= 0.3 is 0 Å². The van der Waals surface area contributed by atoms with E-state index in [1.807, 2.05) is 24.3 Å². The Morgan fingerprint density at radius 2 is 1.94 bits per heavy atom. The van der Waals surface area contributed by atoms with Crippen molar-refractivity contribution in [3.63, 3.8) is 0 Å². The van der Waals surface area contributed by atoms with Crippen LogP contribution in [-0.4, -0.2) is 21.7 Å². The third-order valence-corrected chi connectivity index (χ3v) is 3.69. The van der Waals surface area contributed by atoms with Gasteiger partial charge in [-0.15, -0.1) is 10.2 Å². The van der Waals surface area contributed by atoms with Crippen LogP contribution >= 0.6 is 0 Å². The van der Waals surface area contributed by atoms with Crippen LogP contribution in [0.15, 0.2) is 24.3 Å². The highest BCUT2D eigenvalue weighted by Crippen LogP contribution is 2.48. The molecule has 1 heterocycles. The largest absolute Gasteiger partial charge is 0.352 e. The molecule has 0 amide bonds. The third kappa shape index (κ3) is 2.07. The molecule has 0 aliphatic heterocycles. The first-order valence-corrected chi connectivity index (χ1v) is 6.15. The molecule has 3 rings (SSSR count). The van der Waals surface area contributed by atoms with Crippen molar-refractivity contribution in [2.75, 3.05) is 11.9 Å². The number of para-hydroxylation sites is 1.